The topological polar surface area (TPSA) is 70.7 Å². The molecule has 0 aliphatic heterocycles. The van der Waals surface area contributed by atoms with Gasteiger partial charge in [-0.2, -0.15) is 0 Å². The normalized spacial score (nSPS) is 10.9. The van der Waals surface area contributed by atoms with E-state index in [1.165, 1.54) is 5.56 Å². The molecule has 2 aromatic heterocycles. The van der Waals surface area contributed by atoms with Gasteiger partial charge in [0, 0.05) is 24.1 Å². The Balaban J connectivity index is 1.24. The predicted molar refractivity (Wildman–Crippen MR) is 117 cm³/mol. The number of pyridine rings is 1. The number of nitrogens with zero attached hydrogens (tertiary/aromatic N) is 2. The lowest BCUT2D eigenvalue weighted by atomic mass is 10.1. The molecule has 2 N–H and O–H groups in total. The highest BCUT2D eigenvalue weighted by Gasteiger charge is 2.07. The molecule has 4 rings (SSSR count). The number of aryl methyl sites for hydroxylation is 1. The van der Waals surface area contributed by atoms with Crippen molar-refractivity contribution in [1.82, 2.24) is 20.3 Å². The zero-order valence-electron chi connectivity index (χ0n) is 16.0. The van der Waals surface area contributed by atoms with E-state index in [1.807, 2.05) is 48.5 Å². The second-order valence-electron chi connectivity index (χ2n) is 6.77. The van der Waals surface area contributed by atoms with Gasteiger partial charge in [0.25, 0.3) is 5.91 Å². The fraction of sp³-hybridized carbons (Fsp3) is 0.174. The highest BCUT2D eigenvalue weighted by molar-refractivity contribution is 7.98. The summed E-state index contributed by atoms with van der Waals surface area (Å²) in [5.41, 5.74) is 4.99. The predicted octanol–water partition coefficient (Wildman–Crippen LogP) is 4.61. The first-order valence-corrected chi connectivity index (χ1v) is 10.6. The fourth-order valence-corrected chi connectivity index (χ4v) is 3.89. The molecule has 0 atom stereocenters. The highest BCUT2D eigenvalue weighted by Crippen LogP contribution is 2.22. The van der Waals surface area contributed by atoms with E-state index < -0.39 is 0 Å². The first-order valence-electron chi connectivity index (χ1n) is 9.61. The first-order chi connectivity index (χ1) is 14.3. The Labute approximate surface area is 174 Å². The quantitative estimate of drug-likeness (QED) is 0.333. The number of carbonyl (C=O) groups excluding carboxylic acids is 1. The average Bonchev–Trinajstić information content (AvgIpc) is 3.19. The summed E-state index contributed by atoms with van der Waals surface area (Å²) < 4.78 is 0. The number of aromatic amines is 1. The summed E-state index contributed by atoms with van der Waals surface area (Å²) in [6.45, 7) is 0.673. The van der Waals surface area contributed by atoms with E-state index in [0.717, 1.165) is 40.3 Å². The molecule has 2 aromatic carbocycles. The Hall–Kier alpha value is -3.12. The first kappa shape index (κ1) is 19.2. The lowest BCUT2D eigenvalue weighted by Crippen LogP contribution is -2.24. The molecule has 0 unspecified atom stereocenters. The SMILES string of the molecule is O=C(NCCCc1ccccc1)c1ccc(CSc2nc3ccncc3[nH]2)cc1. The van der Waals surface area contributed by atoms with Gasteiger partial charge in [-0.3, -0.25) is 9.78 Å². The van der Waals surface area contributed by atoms with Crippen molar-refractivity contribution in [1.29, 1.82) is 0 Å². The molecule has 0 spiro atoms. The number of carbonyl (C=O) groups is 1. The Morgan fingerprint density at radius 2 is 1.83 bits per heavy atom. The summed E-state index contributed by atoms with van der Waals surface area (Å²) in [5.74, 6) is 0.758. The van der Waals surface area contributed by atoms with E-state index in [4.69, 9.17) is 0 Å². The van der Waals surface area contributed by atoms with E-state index in [2.05, 4.69) is 32.4 Å². The maximum atomic E-state index is 12.3. The smallest absolute Gasteiger partial charge is 0.251 e. The van der Waals surface area contributed by atoms with Crippen molar-refractivity contribution in [3.05, 3.63) is 89.7 Å². The van der Waals surface area contributed by atoms with Crippen molar-refractivity contribution in [2.24, 2.45) is 0 Å². The van der Waals surface area contributed by atoms with Gasteiger partial charge in [-0.1, -0.05) is 54.2 Å². The van der Waals surface area contributed by atoms with Crippen molar-refractivity contribution in [3.8, 4) is 0 Å². The van der Waals surface area contributed by atoms with Crippen molar-refractivity contribution >= 4 is 28.7 Å². The van der Waals surface area contributed by atoms with Gasteiger partial charge < -0.3 is 10.3 Å². The third-order valence-corrected chi connectivity index (χ3v) is 5.57. The van der Waals surface area contributed by atoms with Gasteiger partial charge in [-0.05, 0) is 42.2 Å². The zero-order chi connectivity index (χ0) is 19.9. The Kier molecular flexibility index (Phi) is 6.22. The summed E-state index contributed by atoms with van der Waals surface area (Å²) in [4.78, 5) is 24.2. The van der Waals surface area contributed by atoms with Gasteiger partial charge in [-0.15, -0.1) is 0 Å². The molecule has 1 amide bonds. The van der Waals surface area contributed by atoms with Gasteiger partial charge in [0.05, 0.1) is 17.2 Å². The molecule has 2 heterocycles. The number of aromatic nitrogens is 3. The number of H-pyrrole nitrogens is 1. The number of hydrogen-bond acceptors (Lipinski definition) is 4. The summed E-state index contributed by atoms with van der Waals surface area (Å²) >= 11 is 1.63. The number of rotatable bonds is 8. The van der Waals surface area contributed by atoms with E-state index in [0.29, 0.717) is 12.1 Å². The molecule has 29 heavy (non-hydrogen) atoms. The third kappa shape index (κ3) is 5.23. The molecule has 0 radical (unpaired) electrons. The van der Waals surface area contributed by atoms with Crippen LogP contribution in [0, 0.1) is 0 Å². The molecular weight excluding hydrogens is 380 g/mol. The maximum absolute atomic E-state index is 12.3. The van der Waals surface area contributed by atoms with E-state index in [1.54, 1.807) is 24.2 Å². The number of thioether (sulfide) groups is 1. The number of hydrogen-bond donors (Lipinski definition) is 2. The third-order valence-electron chi connectivity index (χ3n) is 4.62. The zero-order valence-corrected chi connectivity index (χ0v) is 16.8. The van der Waals surface area contributed by atoms with Crippen LogP contribution in [0.4, 0.5) is 0 Å². The Morgan fingerprint density at radius 1 is 1.00 bits per heavy atom. The number of imidazole rings is 1. The van der Waals surface area contributed by atoms with Crippen molar-refractivity contribution in [2.45, 2.75) is 23.8 Å². The molecule has 0 saturated heterocycles. The fourth-order valence-electron chi connectivity index (χ4n) is 3.05. The van der Waals surface area contributed by atoms with Crippen molar-refractivity contribution in [2.75, 3.05) is 6.54 Å². The van der Waals surface area contributed by atoms with Crippen LogP contribution in [-0.4, -0.2) is 27.4 Å². The molecule has 146 valence electrons. The minimum Gasteiger partial charge on any atom is -0.352 e. The van der Waals surface area contributed by atoms with Crippen LogP contribution < -0.4 is 5.32 Å². The van der Waals surface area contributed by atoms with E-state index in [9.17, 15) is 4.79 Å². The average molecular weight is 403 g/mol. The van der Waals surface area contributed by atoms with Crippen LogP contribution in [0.25, 0.3) is 11.0 Å². The van der Waals surface area contributed by atoms with Gasteiger partial charge in [-0.25, -0.2) is 4.98 Å². The van der Waals surface area contributed by atoms with Gasteiger partial charge in [0.2, 0.25) is 0 Å². The van der Waals surface area contributed by atoms with Crippen LogP contribution in [0.1, 0.15) is 27.9 Å². The van der Waals surface area contributed by atoms with Gasteiger partial charge >= 0.3 is 0 Å². The largest absolute Gasteiger partial charge is 0.352 e. The standard InChI is InChI=1S/C23H22N4OS/c28-22(25-13-4-7-17-5-2-1-3-6-17)19-10-8-18(9-11-19)16-29-23-26-20-12-14-24-15-21(20)27-23/h1-3,5-6,8-12,14-15H,4,7,13,16H2,(H,25,28)(H,26,27). The van der Waals surface area contributed by atoms with Gasteiger partial charge in [0.1, 0.15) is 0 Å². The minimum atomic E-state index is -0.0259. The van der Waals surface area contributed by atoms with Crippen LogP contribution in [0.3, 0.4) is 0 Å². The van der Waals surface area contributed by atoms with Crippen LogP contribution >= 0.6 is 11.8 Å². The van der Waals surface area contributed by atoms with E-state index in [-0.39, 0.29) is 5.91 Å². The lowest BCUT2D eigenvalue weighted by molar-refractivity contribution is 0.0953. The summed E-state index contributed by atoms with van der Waals surface area (Å²) in [6, 6.07) is 20.0. The maximum Gasteiger partial charge on any atom is 0.251 e. The Morgan fingerprint density at radius 3 is 2.62 bits per heavy atom. The molecular formula is C23H22N4OS. The van der Waals surface area contributed by atoms with Crippen LogP contribution in [0.15, 0.2) is 78.2 Å². The van der Waals surface area contributed by atoms with Crippen LogP contribution in [0.2, 0.25) is 0 Å². The second-order valence-corrected chi connectivity index (χ2v) is 7.73. The lowest BCUT2D eigenvalue weighted by Gasteiger charge is -2.06. The molecule has 6 heteroatoms. The number of amides is 1. The van der Waals surface area contributed by atoms with Gasteiger partial charge in [0.15, 0.2) is 5.16 Å². The monoisotopic (exact) mass is 402 g/mol. The number of fused-ring (bicyclic) bond motifs is 1. The van der Waals surface area contributed by atoms with Crippen LogP contribution in [-0.2, 0) is 12.2 Å². The second kappa shape index (κ2) is 9.39. The highest BCUT2D eigenvalue weighted by atomic mass is 32.2. The number of nitrogens with one attached hydrogen (secondary N) is 2. The summed E-state index contributed by atoms with van der Waals surface area (Å²) in [5, 5.41) is 3.87. The van der Waals surface area contributed by atoms with Crippen molar-refractivity contribution in [3.63, 3.8) is 0 Å². The number of benzene rings is 2. The van der Waals surface area contributed by atoms with Crippen molar-refractivity contribution < 1.29 is 4.79 Å². The Bertz CT molecular complexity index is 1040. The molecule has 0 aliphatic rings. The molecule has 5 nitrogen and oxygen atoms in total. The van der Waals surface area contributed by atoms with Crippen LogP contribution in [0.5, 0.6) is 0 Å². The summed E-state index contributed by atoms with van der Waals surface area (Å²) in [7, 11) is 0. The minimum absolute atomic E-state index is 0.0259. The molecule has 0 bridgehead atoms. The van der Waals surface area contributed by atoms with E-state index >= 15 is 0 Å². The molecule has 0 saturated carbocycles. The molecule has 0 fully saturated rings. The molecule has 4 aromatic rings. The molecule has 0 aliphatic carbocycles. The summed E-state index contributed by atoms with van der Waals surface area (Å²) in [6.07, 6.45) is 5.41.